The maximum Gasteiger partial charge on any atom is 0.226 e. The van der Waals surface area contributed by atoms with Crippen LogP contribution in [0.1, 0.15) is 168 Å². The van der Waals surface area contributed by atoms with Crippen LogP contribution in [0.3, 0.4) is 0 Å². The molecule has 2 saturated carbocycles. The molecule has 18 heteroatoms. The van der Waals surface area contributed by atoms with Gasteiger partial charge in [-0.3, -0.25) is 38.4 Å². The SMILES string of the molecule is COc1ccc(C[C@H](CC(=O)[C@@H](C)NC(=O)C2(C)CCC(O)CC2)C(=O)N[C@@H](CC2=CCCC2)C(=O)[C@@]2(C)CO2)cc1.COc1ccc(C[C@H](CC(=O)[C@@H](C)NC(=O)C2(C)CCC(O)CC2)C(=O)N[C@@H](CC2=CCCC2)C(=O)[C@@]2(C)CO2)cc1. The van der Waals surface area contributed by atoms with E-state index in [0.29, 0.717) is 88.9 Å². The number of Topliss-reactive ketones (excluding diaryl/α,β-unsaturated/α-hetero) is 4. The molecule has 4 amide bonds. The number of hydrogen-bond donors (Lipinski definition) is 6. The van der Waals surface area contributed by atoms with Crippen molar-refractivity contribution in [2.75, 3.05) is 27.4 Å². The summed E-state index contributed by atoms with van der Waals surface area (Å²) in [6, 6.07) is 11.6. The number of carbonyl (C=O) groups is 8. The van der Waals surface area contributed by atoms with E-state index in [1.54, 1.807) is 66.2 Å². The molecule has 84 heavy (non-hydrogen) atoms. The number of nitrogens with one attached hydrogen (secondary N) is 4. The Kier molecular flexibility index (Phi) is 22.5. The molecule has 4 aliphatic carbocycles. The lowest BCUT2D eigenvalue weighted by atomic mass is 9.74. The highest BCUT2D eigenvalue weighted by Gasteiger charge is 2.52. The van der Waals surface area contributed by atoms with E-state index in [9.17, 15) is 48.6 Å². The molecule has 0 aromatic heterocycles. The number of ether oxygens (including phenoxy) is 4. The van der Waals surface area contributed by atoms with Crippen LogP contribution in [-0.4, -0.2) is 132 Å². The van der Waals surface area contributed by atoms with Crippen molar-refractivity contribution in [2.45, 2.75) is 218 Å². The molecule has 2 aliphatic heterocycles. The van der Waals surface area contributed by atoms with Crippen molar-refractivity contribution < 1.29 is 67.5 Å². The lowest BCUT2D eigenvalue weighted by Crippen LogP contribution is -2.50. The first kappa shape index (κ1) is 65.5. The van der Waals surface area contributed by atoms with Gasteiger partial charge < -0.3 is 50.4 Å². The monoisotopic (exact) mass is 1160 g/mol. The minimum atomic E-state index is -0.886. The Bertz CT molecular complexity index is 2540. The molecule has 0 spiro atoms. The number of benzene rings is 2. The van der Waals surface area contributed by atoms with Gasteiger partial charge in [0.15, 0.2) is 23.1 Å². The fourth-order valence-corrected chi connectivity index (χ4v) is 11.9. The van der Waals surface area contributed by atoms with Gasteiger partial charge in [-0.25, -0.2) is 0 Å². The fourth-order valence-electron chi connectivity index (χ4n) is 11.9. The Morgan fingerprint density at radius 1 is 0.536 bits per heavy atom. The fraction of sp³-hybridized carbons (Fsp3) is 0.636. The zero-order valence-electron chi connectivity index (χ0n) is 50.7. The van der Waals surface area contributed by atoms with Gasteiger partial charge in [-0.2, -0.15) is 0 Å². The largest absolute Gasteiger partial charge is 0.497 e. The van der Waals surface area contributed by atoms with Crippen LogP contribution >= 0.6 is 0 Å². The highest BCUT2D eigenvalue weighted by Crippen LogP contribution is 2.38. The number of aliphatic hydroxyl groups excluding tert-OH is 2. The second-order valence-electron chi connectivity index (χ2n) is 25.6. The number of ketones is 4. The Balaban J connectivity index is 0.000000241. The summed E-state index contributed by atoms with van der Waals surface area (Å²) in [6.07, 6.45) is 15.0. The van der Waals surface area contributed by atoms with Crippen LogP contribution in [0.25, 0.3) is 0 Å². The van der Waals surface area contributed by atoms with E-state index in [2.05, 4.69) is 33.4 Å². The van der Waals surface area contributed by atoms with Crippen molar-refractivity contribution in [2.24, 2.45) is 22.7 Å². The minimum Gasteiger partial charge on any atom is -0.497 e. The zero-order valence-corrected chi connectivity index (χ0v) is 50.7. The second kappa shape index (κ2) is 28.9. The van der Waals surface area contributed by atoms with Gasteiger partial charge >= 0.3 is 0 Å². The summed E-state index contributed by atoms with van der Waals surface area (Å²) in [7, 11) is 3.16. The molecular weight excluding hydrogens is 1070 g/mol. The van der Waals surface area contributed by atoms with Gasteiger partial charge in [-0.1, -0.05) is 61.4 Å². The average molecular weight is 1170 g/mol. The molecule has 0 bridgehead atoms. The molecule has 6 aliphatic rings. The highest BCUT2D eigenvalue weighted by molar-refractivity contribution is 6.00. The number of allylic oxidation sites excluding steroid dienone is 2. The first-order valence-corrected chi connectivity index (χ1v) is 30.5. The van der Waals surface area contributed by atoms with E-state index >= 15 is 0 Å². The molecule has 2 heterocycles. The van der Waals surface area contributed by atoms with Gasteiger partial charge in [0.05, 0.1) is 63.8 Å². The molecule has 2 aromatic carbocycles. The molecule has 8 atom stereocenters. The van der Waals surface area contributed by atoms with Crippen LogP contribution in [0.2, 0.25) is 0 Å². The van der Waals surface area contributed by atoms with Crippen molar-refractivity contribution in [3.8, 4) is 11.5 Å². The number of epoxide rings is 2. The quantitative estimate of drug-likeness (QED) is 0.0363. The lowest BCUT2D eigenvalue weighted by Gasteiger charge is -2.35. The molecule has 4 fully saturated rings. The summed E-state index contributed by atoms with van der Waals surface area (Å²) in [4.78, 5) is 107. The summed E-state index contributed by atoms with van der Waals surface area (Å²) in [5, 5.41) is 31.4. The molecule has 0 unspecified atom stereocenters. The maximum absolute atomic E-state index is 13.8. The average Bonchev–Trinajstić information content (AvgIpc) is 3.18. The number of carbonyl (C=O) groups excluding carboxylic acids is 8. The molecular formula is C66H92N4O14. The lowest BCUT2D eigenvalue weighted by molar-refractivity contribution is -0.137. The molecule has 8 rings (SSSR count). The van der Waals surface area contributed by atoms with Crippen molar-refractivity contribution in [3.63, 3.8) is 0 Å². The third-order valence-electron chi connectivity index (χ3n) is 18.5. The first-order chi connectivity index (χ1) is 39.8. The van der Waals surface area contributed by atoms with E-state index in [1.807, 2.05) is 38.1 Å². The van der Waals surface area contributed by atoms with Crippen LogP contribution in [0.4, 0.5) is 0 Å². The summed E-state index contributed by atoms with van der Waals surface area (Å²) in [5.41, 5.74) is 0.959. The highest BCUT2D eigenvalue weighted by atomic mass is 16.6. The van der Waals surface area contributed by atoms with Crippen molar-refractivity contribution >= 4 is 46.8 Å². The topological polar surface area (TPSA) is 269 Å². The number of amides is 4. The molecule has 460 valence electrons. The molecule has 2 aromatic rings. The maximum atomic E-state index is 13.8. The van der Waals surface area contributed by atoms with Gasteiger partial charge in [-0.05, 0) is 179 Å². The van der Waals surface area contributed by atoms with Crippen LogP contribution in [0, 0.1) is 22.7 Å². The van der Waals surface area contributed by atoms with Crippen LogP contribution in [-0.2, 0) is 60.7 Å². The summed E-state index contributed by atoms with van der Waals surface area (Å²) in [6.45, 7) is 11.2. The van der Waals surface area contributed by atoms with Crippen molar-refractivity contribution in [1.29, 1.82) is 0 Å². The second-order valence-corrected chi connectivity index (χ2v) is 25.6. The van der Waals surface area contributed by atoms with E-state index in [1.165, 1.54) is 0 Å². The molecule has 6 N–H and O–H groups in total. The van der Waals surface area contributed by atoms with E-state index in [4.69, 9.17) is 18.9 Å². The van der Waals surface area contributed by atoms with Crippen LogP contribution < -0.4 is 30.7 Å². The number of aliphatic hydroxyl groups is 2. The predicted octanol–water partition coefficient (Wildman–Crippen LogP) is 7.20. The molecule has 0 radical (unpaired) electrons. The summed E-state index contributed by atoms with van der Waals surface area (Å²) in [5.74, 6) is -2.08. The minimum absolute atomic E-state index is 0.0912. The number of hydrogen-bond acceptors (Lipinski definition) is 14. The standard InChI is InChI=1S/2C33H46N2O7/c2*1-21(34-31(40)32(2)15-13-25(36)14-16-32)28(37)19-24(17-23-9-11-26(41-4)12-10-23)30(39)35-27(18-22-7-5-6-8-22)29(38)33(3)20-42-33/h2*7,9-12,21,24-25,27,36H,5-6,8,13-20H2,1-4H3,(H,34,40)(H,35,39)/t2*21-,24-,25?,27+,32?,33-/m11/s1. The Labute approximate surface area is 495 Å². The van der Waals surface area contributed by atoms with Crippen LogP contribution in [0.5, 0.6) is 11.5 Å². The number of methoxy groups -OCH3 is 2. The third kappa shape index (κ3) is 18.0. The number of rotatable bonds is 28. The Morgan fingerprint density at radius 2 is 0.869 bits per heavy atom. The van der Waals surface area contributed by atoms with E-state index in [0.717, 1.165) is 60.8 Å². The van der Waals surface area contributed by atoms with Crippen molar-refractivity contribution in [1.82, 2.24) is 21.3 Å². The summed E-state index contributed by atoms with van der Waals surface area (Å²) >= 11 is 0. The van der Waals surface area contributed by atoms with E-state index < -0.39 is 70.2 Å². The van der Waals surface area contributed by atoms with Gasteiger partial charge in [-0.15, -0.1) is 0 Å². The molecule has 18 nitrogen and oxygen atoms in total. The molecule has 2 saturated heterocycles. The van der Waals surface area contributed by atoms with Crippen molar-refractivity contribution in [3.05, 3.63) is 83.0 Å². The Morgan fingerprint density at radius 3 is 1.15 bits per heavy atom. The van der Waals surface area contributed by atoms with E-state index in [-0.39, 0.29) is 72.4 Å². The van der Waals surface area contributed by atoms with Crippen LogP contribution in [0.15, 0.2) is 71.8 Å². The summed E-state index contributed by atoms with van der Waals surface area (Å²) < 4.78 is 21.4. The zero-order chi connectivity index (χ0) is 61.0. The van der Waals surface area contributed by atoms with Gasteiger partial charge in [0.2, 0.25) is 23.6 Å². The van der Waals surface area contributed by atoms with Gasteiger partial charge in [0.1, 0.15) is 22.7 Å². The van der Waals surface area contributed by atoms with Gasteiger partial charge in [0, 0.05) is 35.5 Å². The smallest absolute Gasteiger partial charge is 0.226 e. The van der Waals surface area contributed by atoms with Gasteiger partial charge in [0.25, 0.3) is 0 Å². The normalized spacial score (nSPS) is 27.3. The first-order valence-electron chi connectivity index (χ1n) is 30.5. The Hall–Kier alpha value is -6.08. The predicted molar refractivity (Wildman–Crippen MR) is 316 cm³/mol. The third-order valence-corrected chi connectivity index (χ3v) is 18.5.